The minimum absolute atomic E-state index is 0.108. The summed E-state index contributed by atoms with van der Waals surface area (Å²) < 4.78 is 6.43. The Morgan fingerprint density at radius 1 is 1.24 bits per heavy atom. The Hall–Kier alpha value is -3.21. The molecular formula is C32H41N5O5. The fraction of sp³-hybridized carbons (Fsp3) is 0.594. The fourth-order valence-corrected chi connectivity index (χ4v) is 8.10. The van der Waals surface area contributed by atoms with Crippen LogP contribution in [0.5, 0.6) is 0 Å². The van der Waals surface area contributed by atoms with E-state index in [4.69, 9.17) is 4.74 Å². The lowest BCUT2D eigenvalue weighted by atomic mass is 9.79. The predicted octanol–water partition coefficient (Wildman–Crippen LogP) is 2.43. The van der Waals surface area contributed by atoms with Gasteiger partial charge in [-0.2, -0.15) is 0 Å². The number of aromatic nitrogens is 1. The molecule has 7 rings (SSSR count). The number of amides is 3. The summed E-state index contributed by atoms with van der Waals surface area (Å²) in [6, 6.07) is 4.84. The molecule has 224 valence electrons. The maximum absolute atomic E-state index is 14.4. The minimum Gasteiger partial charge on any atom is -0.361 e. The van der Waals surface area contributed by atoms with Crippen molar-refractivity contribution in [2.45, 2.75) is 83.1 Å². The van der Waals surface area contributed by atoms with Gasteiger partial charge in [0.1, 0.15) is 12.1 Å². The number of ether oxygens (including phenoxy) is 1. The molecule has 4 aliphatic heterocycles. The minimum atomic E-state index is -2.00. The van der Waals surface area contributed by atoms with Crippen LogP contribution in [0, 0.1) is 17.8 Å². The van der Waals surface area contributed by atoms with Crippen LogP contribution in [0.2, 0.25) is 0 Å². The molecule has 1 unspecified atom stereocenters. The first-order chi connectivity index (χ1) is 20.0. The van der Waals surface area contributed by atoms with Gasteiger partial charge in [-0.3, -0.25) is 28.9 Å². The third kappa shape index (κ3) is 3.70. The van der Waals surface area contributed by atoms with Crippen molar-refractivity contribution in [1.82, 2.24) is 25.0 Å². The van der Waals surface area contributed by atoms with E-state index in [0.29, 0.717) is 25.9 Å². The third-order valence-corrected chi connectivity index (χ3v) is 10.2. The summed E-state index contributed by atoms with van der Waals surface area (Å²) in [5.41, 5.74) is 2.79. The SMILES string of the molecule is CC(C)C[C@H]1C(=O)N2CCC[C@H]2[C@]2(O)O[C@](NC(=O)C3C=C4c5cccc6[nH]cc(c56)C[C@H]4N(C)C3)(C(C)C)C(=O)N12. The Morgan fingerprint density at radius 3 is 2.76 bits per heavy atom. The van der Waals surface area contributed by atoms with E-state index < -0.39 is 41.5 Å². The normalized spacial score (nSPS) is 34.2. The Labute approximate surface area is 246 Å². The van der Waals surface area contributed by atoms with Gasteiger partial charge in [-0.05, 0) is 61.4 Å². The number of aliphatic hydroxyl groups is 1. The molecule has 0 spiro atoms. The smallest absolute Gasteiger partial charge is 0.281 e. The number of aromatic amines is 1. The number of H-pyrrole nitrogens is 1. The van der Waals surface area contributed by atoms with Gasteiger partial charge >= 0.3 is 0 Å². The molecule has 0 saturated carbocycles. The van der Waals surface area contributed by atoms with E-state index in [1.807, 2.05) is 46.9 Å². The second-order valence-electron chi connectivity index (χ2n) is 13.6. The van der Waals surface area contributed by atoms with Crippen molar-refractivity contribution in [2.75, 3.05) is 20.1 Å². The molecule has 2 aromatic rings. The second kappa shape index (κ2) is 9.39. The molecule has 0 bridgehead atoms. The number of nitrogens with one attached hydrogen (secondary N) is 2. The van der Waals surface area contributed by atoms with Crippen LogP contribution in [0.4, 0.5) is 0 Å². The van der Waals surface area contributed by atoms with Gasteiger partial charge in [-0.25, -0.2) is 0 Å². The lowest BCUT2D eigenvalue weighted by Crippen LogP contribution is -2.71. The van der Waals surface area contributed by atoms with Crippen molar-refractivity contribution >= 4 is 34.2 Å². The zero-order valence-corrected chi connectivity index (χ0v) is 25.0. The molecule has 5 heterocycles. The van der Waals surface area contributed by atoms with Crippen LogP contribution in [-0.2, 0) is 25.5 Å². The molecule has 3 amide bonds. The van der Waals surface area contributed by atoms with E-state index in [1.54, 1.807) is 4.90 Å². The number of benzene rings is 1. The van der Waals surface area contributed by atoms with E-state index in [-0.39, 0.29) is 23.8 Å². The number of carbonyl (C=O) groups excluding carboxylic acids is 3. The fourth-order valence-electron chi connectivity index (χ4n) is 8.10. The molecule has 42 heavy (non-hydrogen) atoms. The Bertz CT molecular complexity index is 1510. The quantitative estimate of drug-likeness (QED) is 0.504. The molecule has 1 aromatic carbocycles. The van der Waals surface area contributed by atoms with E-state index in [2.05, 4.69) is 33.5 Å². The number of piperazine rings is 1. The van der Waals surface area contributed by atoms with Gasteiger partial charge < -0.3 is 20.3 Å². The summed E-state index contributed by atoms with van der Waals surface area (Å²) in [5.74, 6) is -3.97. The highest BCUT2D eigenvalue weighted by atomic mass is 16.7. The summed E-state index contributed by atoms with van der Waals surface area (Å²) in [4.78, 5) is 50.7. The number of nitrogens with zero attached hydrogens (tertiary/aromatic N) is 3. The lowest BCUT2D eigenvalue weighted by Gasteiger charge is -2.49. The zero-order valence-electron chi connectivity index (χ0n) is 25.0. The highest BCUT2D eigenvalue weighted by molar-refractivity contribution is 6.01. The number of hydrogen-bond donors (Lipinski definition) is 3. The molecule has 3 saturated heterocycles. The van der Waals surface area contributed by atoms with Crippen LogP contribution in [0.3, 0.4) is 0 Å². The predicted molar refractivity (Wildman–Crippen MR) is 156 cm³/mol. The molecule has 3 fully saturated rings. The topological polar surface area (TPSA) is 118 Å². The highest BCUT2D eigenvalue weighted by Gasteiger charge is 2.72. The molecule has 1 aliphatic carbocycles. The van der Waals surface area contributed by atoms with Gasteiger partial charge in [-0.1, -0.05) is 45.9 Å². The number of carbonyl (C=O) groups is 3. The van der Waals surface area contributed by atoms with Crippen molar-refractivity contribution in [2.24, 2.45) is 17.8 Å². The Balaban J connectivity index is 1.24. The average Bonchev–Trinajstić information content (AvgIpc) is 3.65. The number of fused-ring (bicyclic) bond motifs is 5. The zero-order chi connectivity index (χ0) is 29.7. The van der Waals surface area contributed by atoms with Gasteiger partial charge in [0.25, 0.3) is 11.8 Å². The summed E-state index contributed by atoms with van der Waals surface area (Å²) in [6.07, 6.45) is 6.62. The summed E-state index contributed by atoms with van der Waals surface area (Å²) in [7, 11) is 2.03. The highest BCUT2D eigenvalue weighted by Crippen LogP contribution is 2.48. The van der Waals surface area contributed by atoms with E-state index in [9.17, 15) is 19.5 Å². The number of likely N-dealkylation sites (N-methyl/N-ethyl adjacent to an activating group) is 1. The second-order valence-corrected chi connectivity index (χ2v) is 13.6. The molecule has 10 heteroatoms. The number of rotatable bonds is 5. The molecule has 6 atom stereocenters. The largest absolute Gasteiger partial charge is 0.361 e. The van der Waals surface area contributed by atoms with E-state index in [0.717, 1.165) is 29.5 Å². The van der Waals surface area contributed by atoms with Crippen molar-refractivity contribution in [3.8, 4) is 0 Å². The molecule has 0 radical (unpaired) electrons. The monoisotopic (exact) mass is 575 g/mol. The van der Waals surface area contributed by atoms with Crippen LogP contribution in [0.25, 0.3) is 16.5 Å². The first-order valence-corrected chi connectivity index (χ1v) is 15.4. The third-order valence-electron chi connectivity index (χ3n) is 10.2. The van der Waals surface area contributed by atoms with Crippen LogP contribution in [0.1, 0.15) is 58.1 Å². The Kier molecular flexibility index (Phi) is 6.18. The molecule has 5 aliphatic rings. The molecule has 1 aromatic heterocycles. The molecule has 10 nitrogen and oxygen atoms in total. The standard InChI is InChI=1S/C32H41N5O5/c1-17(2)12-25-29(39)36-11-7-10-26(36)32(41)37(25)30(40)31(42-32,18(3)4)34-28(38)20-13-22-21-8-6-9-23-27(21)19(15-33-23)14-24(22)35(5)16-20/h6,8-9,13,15,17-18,20,24-26,33,41H,7,10-12,14,16H2,1-5H3,(H,34,38)/t20?,24-,25+,26+,31-,32+/m1/s1. The van der Waals surface area contributed by atoms with Crippen molar-refractivity contribution in [3.05, 3.63) is 41.6 Å². The molecular weight excluding hydrogens is 534 g/mol. The maximum Gasteiger partial charge on any atom is 0.281 e. The Morgan fingerprint density at radius 2 is 2.02 bits per heavy atom. The van der Waals surface area contributed by atoms with Crippen molar-refractivity contribution in [1.29, 1.82) is 0 Å². The maximum atomic E-state index is 14.4. The van der Waals surface area contributed by atoms with Gasteiger partial charge in [0, 0.05) is 42.1 Å². The van der Waals surface area contributed by atoms with Crippen LogP contribution in [0.15, 0.2) is 30.5 Å². The van der Waals surface area contributed by atoms with Gasteiger partial charge in [0.05, 0.1) is 5.92 Å². The van der Waals surface area contributed by atoms with E-state index in [1.165, 1.54) is 15.8 Å². The summed E-state index contributed by atoms with van der Waals surface area (Å²) >= 11 is 0. The van der Waals surface area contributed by atoms with E-state index >= 15 is 0 Å². The summed E-state index contributed by atoms with van der Waals surface area (Å²) in [5, 5.41) is 16.3. The van der Waals surface area contributed by atoms with Crippen LogP contribution < -0.4 is 5.32 Å². The van der Waals surface area contributed by atoms with Crippen LogP contribution in [-0.4, -0.2) is 92.4 Å². The van der Waals surface area contributed by atoms with Gasteiger partial charge in [-0.15, -0.1) is 0 Å². The van der Waals surface area contributed by atoms with Crippen molar-refractivity contribution in [3.63, 3.8) is 0 Å². The molecule has 3 N–H and O–H groups in total. The summed E-state index contributed by atoms with van der Waals surface area (Å²) in [6.45, 7) is 8.60. The van der Waals surface area contributed by atoms with Gasteiger partial charge in [0.2, 0.25) is 17.5 Å². The lowest BCUT2D eigenvalue weighted by molar-refractivity contribution is -0.322. The first-order valence-electron chi connectivity index (χ1n) is 15.4. The average molecular weight is 576 g/mol. The van der Waals surface area contributed by atoms with Crippen LogP contribution >= 0.6 is 0 Å². The van der Waals surface area contributed by atoms with Crippen molar-refractivity contribution < 1.29 is 24.2 Å². The first kappa shape index (κ1) is 27.6. The number of hydrogen-bond acceptors (Lipinski definition) is 6. The van der Waals surface area contributed by atoms with Gasteiger partial charge in [0.15, 0.2) is 0 Å².